The lowest BCUT2D eigenvalue weighted by atomic mass is 9.78. The predicted octanol–water partition coefficient (Wildman–Crippen LogP) is 2.36. The molecule has 1 heterocycles. The van der Waals surface area contributed by atoms with Crippen molar-refractivity contribution < 1.29 is 14.7 Å². The van der Waals surface area contributed by atoms with Crippen LogP contribution < -0.4 is 0 Å². The third-order valence-corrected chi connectivity index (χ3v) is 5.82. The average Bonchev–Trinajstić information content (AvgIpc) is 3.01. The lowest BCUT2D eigenvalue weighted by Gasteiger charge is -2.28. The van der Waals surface area contributed by atoms with E-state index in [1.807, 2.05) is 0 Å². The highest BCUT2D eigenvalue weighted by Crippen LogP contribution is 2.61. The van der Waals surface area contributed by atoms with Crippen LogP contribution in [0, 0.1) is 5.92 Å². The van der Waals surface area contributed by atoms with Gasteiger partial charge in [-0.25, -0.2) is 4.79 Å². The fourth-order valence-electron chi connectivity index (χ4n) is 4.64. The summed E-state index contributed by atoms with van der Waals surface area (Å²) in [4.78, 5) is 25.8. The second-order valence-corrected chi connectivity index (χ2v) is 6.95. The number of fused-ring (bicyclic) bond motifs is 2. The molecule has 1 N–H and O–H groups in total. The molecule has 3 aliphatic rings. The SMILES string of the molecule is O=C(O)C1CCCN1C(=O)C1CC12CCCc1ccccc12. The molecule has 4 rings (SSSR count). The molecule has 2 aliphatic carbocycles. The van der Waals surface area contributed by atoms with Gasteiger partial charge in [-0.2, -0.15) is 0 Å². The molecule has 1 amide bonds. The van der Waals surface area contributed by atoms with Gasteiger partial charge in [0.1, 0.15) is 6.04 Å². The van der Waals surface area contributed by atoms with Gasteiger partial charge in [0.15, 0.2) is 0 Å². The minimum atomic E-state index is -0.857. The van der Waals surface area contributed by atoms with E-state index in [0.29, 0.717) is 13.0 Å². The zero-order chi connectivity index (χ0) is 15.3. The lowest BCUT2D eigenvalue weighted by molar-refractivity contribution is -0.148. The molecule has 4 heteroatoms. The van der Waals surface area contributed by atoms with Crippen molar-refractivity contribution in [1.29, 1.82) is 0 Å². The highest BCUT2D eigenvalue weighted by Gasteiger charge is 2.61. The summed E-state index contributed by atoms with van der Waals surface area (Å²) in [6, 6.07) is 7.86. The zero-order valence-electron chi connectivity index (χ0n) is 12.6. The molecule has 1 aromatic carbocycles. The number of carboxylic acid groups (broad SMARTS) is 1. The highest BCUT2D eigenvalue weighted by atomic mass is 16.4. The summed E-state index contributed by atoms with van der Waals surface area (Å²) in [6.45, 7) is 0.601. The van der Waals surface area contributed by atoms with Gasteiger partial charge in [-0.15, -0.1) is 0 Å². The number of rotatable bonds is 2. The Bertz CT molecular complexity index is 641. The Balaban J connectivity index is 1.60. The van der Waals surface area contributed by atoms with E-state index in [2.05, 4.69) is 24.3 Å². The minimum Gasteiger partial charge on any atom is -0.480 e. The summed E-state index contributed by atoms with van der Waals surface area (Å²) in [7, 11) is 0. The Morgan fingerprint density at radius 2 is 2.05 bits per heavy atom. The fourth-order valence-corrected chi connectivity index (χ4v) is 4.64. The smallest absolute Gasteiger partial charge is 0.326 e. The fraction of sp³-hybridized carbons (Fsp3) is 0.556. The van der Waals surface area contributed by atoms with Gasteiger partial charge < -0.3 is 10.0 Å². The molecular weight excluding hydrogens is 278 g/mol. The monoisotopic (exact) mass is 299 g/mol. The van der Waals surface area contributed by atoms with Gasteiger partial charge in [-0.05, 0) is 49.7 Å². The first kappa shape index (κ1) is 13.8. The van der Waals surface area contributed by atoms with Gasteiger partial charge >= 0.3 is 5.97 Å². The Morgan fingerprint density at radius 1 is 1.23 bits per heavy atom. The zero-order valence-corrected chi connectivity index (χ0v) is 12.6. The molecule has 0 aromatic heterocycles. The van der Waals surface area contributed by atoms with Gasteiger partial charge in [0.05, 0.1) is 0 Å². The van der Waals surface area contributed by atoms with Crippen molar-refractivity contribution in [3.8, 4) is 0 Å². The molecular formula is C18H21NO3. The summed E-state index contributed by atoms with van der Waals surface area (Å²) in [6.07, 6.45) is 5.58. The summed E-state index contributed by atoms with van der Waals surface area (Å²) < 4.78 is 0. The molecule has 0 radical (unpaired) electrons. The number of carbonyl (C=O) groups is 2. The number of aliphatic carboxylic acids is 1. The van der Waals surface area contributed by atoms with Crippen molar-refractivity contribution >= 4 is 11.9 Å². The number of amides is 1. The van der Waals surface area contributed by atoms with E-state index in [9.17, 15) is 14.7 Å². The van der Waals surface area contributed by atoms with Crippen LogP contribution in [0.5, 0.6) is 0 Å². The van der Waals surface area contributed by atoms with Crippen molar-refractivity contribution in [1.82, 2.24) is 4.90 Å². The topological polar surface area (TPSA) is 57.6 Å². The van der Waals surface area contributed by atoms with Crippen molar-refractivity contribution in [3.05, 3.63) is 35.4 Å². The summed E-state index contributed by atoms with van der Waals surface area (Å²) in [5.41, 5.74) is 2.71. The molecule has 3 atom stereocenters. The molecule has 22 heavy (non-hydrogen) atoms. The van der Waals surface area contributed by atoms with Gasteiger partial charge in [0.2, 0.25) is 5.91 Å². The van der Waals surface area contributed by atoms with Gasteiger partial charge in [0.25, 0.3) is 0 Å². The van der Waals surface area contributed by atoms with E-state index < -0.39 is 12.0 Å². The molecule has 2 fully saturated rings. The van der Waals surface area contributed by atoms with Crippen LogP contribution in [0.3, 0.4) is 0 Å². The molecule has 1 aromatic rings. The average molecular weight is 299 g/mol. The standard InChI is InChI=1S/C18H21NO3/c20-16(19-10-4-8-15(19)17(21)22)14-11-18(14)9-3-6-12-5-1-2-7-13(12)18/h1-2,5,7,14-15H,3-4,6,8-11H2,(H,21,22). The third-order valence-electron chi connectivity index (χ3n) is 5.82. The third kappa shape index (κ3) is 1.89. The summed E-state index contributed by atoms with van der Waals surface area (Å²) in [5.74, 6) is -0.792. The molecule has 0 bridgehead atoms. The Morgan fingerprint density at radius 3 is 2.86 bits per heavy atom. The minimum absolute atomic E-state index is 0.00241. The Hall–Kier alpha value is -1.84. The molecule has 1 saturated heterocycles. The Labute approximate surface area is 130 Å². The number of benzene rings is 1. The quantitative estimate of drug-likeness (QED) is 0.912. The van der Waals surface area contributed by atoms with Crippen LogP contribution >= 0.6 is 0 Å². The van der Waals surface area contributed by atoms with Crippen molar-refractivity contribution in [2.45, 2.75) is 50.0 Å². The van der Waals surface area contributed by atoms with E-state index >= 15 is 0 Å². The molecule has 3 unspecified atom stereocenters. The van der Waals surface area contributed by atoms with E-state index in [4.69, 9.17) is 0 Å². The first-order chi connectivity index (χ1) is 10.6. The van der Waals surface area contributed by atoms with Crippen molar-refractivity contribution in [2.75, 3.05) is 6.54 Å². The first-order valence-electron chi connectivity index (χ1n) is 8.25. The molecule has 1 saturated carbocycles. The second kappa shape index (κ2) is 4.83. The maximum absolute atomic E-state index is 12.9. The van der Waals surface area contributed by atoms with Crippen LogP contribution in [0.15, 0.2) is 24.3 Å². The van der Waals surface area contributed by atoms with Crippen LogP contribution in [-0.2, 0) is 21.4 Å². The van der Waals surface area contributed by atoms with Gasteiger partial charge in [0, 0.05) is 17.9 Å². The van der Waals surface area contributed by atoms with E-state index in [-0.39, 0.29) is 17.2 Å². The molecule has 4 nitrogen and oxygen atoms in total. The van der Waals surface area contributed by atoms with Crippen LogP contribution in [0.1, 0.15) is 43.2 Å². The van der Waals surface area contributed by atoms with Crippen LogP contribution in [0.2, 0.25) is 0 Å². The molecule has 1 spiro atoms. The van der Waals surface area contributed by atoms with Crippen molar-refractivity contribution in [3.63, 3.8) is 0 Å². The second-order valence-electron chi connectivity index (χ2n) is 6.95. The van der Waals surface area contributed by atoms with E-state index in [0.717, 1.165) is 32.1 Å². The van der Waals surface area contributed by atoms with Crippen LogP contribution in [0.4, 0.5) is 0 Å². The number of carboxylic acids is 1. The van der Waals surface area contributed by atoms with Crippen LogP contribution in [-0.4, -0.2) is 34.5 Å². The summed E-state index contributed by atoms with van der Waals surface area (Å²) in [5, 5.41) is 9.30. The van der Waals surface area contributed by atoms with Gasteiger partial charge in [-0.3, -0.25) is 4.79 Å². The van der Waals surface area contributed by atoms with Gasteiger partial charge in [-0.1, -0.05) is 24.3 Å². The lowest BCUT2D eigenvalue weighted by Crippen LogP contribution is -2.42. The number of hydrogen-bond acceptors (Lipinski definition) is 2. The number of hydrogen-bond donors (Lipinski definition) is 1. The van der Waals surface area contributed by atoms with Crippen molar-refractivity contribution in [2.24, 2.45) is 5.92 Å². The van der Waals surface area contributed by atoms with Crippen LogP contribution in [0.25, 0.3) is 0 Å². The Kier molecular flexibility index (Phi) is 3.03. The number of likely N-dealkylation sites (tertiary alicyclic amines) is 1. The van der Waals surface area contributed by atoms with E-state index in [1.165, 1.54) is 11.1 Å². The number of aryl methyl sites for hydroxylation is 1. The maximum atomic E-state index is 12.9. The maximum Gasteiger partial charge on any atom is 0.326 e. The predicted molar refractivity (Wildman–Crippen MR) is 81.5 cm³/mol. The largest absolute Gasteiger partial charge is 0.480 e. The van der Waals surface area contributed by atoms with E-state index in [1.54, 1.807) is 4.90 Å². The first-order valence-corrected chi connectivity index (χ1v) is 8.25. The molecule has 1 aliphatic heterocycles. The highest BCUT2D eigenvalue weighted by molar-refractivity contribution is 5.89. The molecule has 116 valence electrons. The number of nitrogens with zero attached hydrogens (tertiary/aromatic N) is 1. The number of carbonyl (C=O) groups excluding carboxylic acids is 1. The summed E-state index contributed by atoms with van der Waals surface area (Å²) >= 11 is 0. The normalized spacial score (nSPS) is 32.8.